The third-order valence-corrected chi connectivity index (χ3v) is 3.24. The van der Waals surface area contributed by atoms with Gasteiger partial charge in [-0.05, 0) is 18.6 Å². The molecular weight excluding hydrogens is 272 g/mol. The van der Waals surface area contributed by atoms with E-state index in [1.54, 1.807) is 12.1 Å². The van der Waals surface area contributed by atoms with Crippen LogP contribution in [0.3, 0.4) is 0 Å². The van der Waals surface area contributed by atoms with E-state index >= 15 is 0 Å². The molecule has 0 bridgehead atoms. The van der Waals surface area contributed by atoms with Gasteiger partial charge in [0, 0.05) is 0 Å². The Morgan fingerprint density at radius 3 is 2.05 bits per heavy atom. The maximum Gasteiger partial charge on any atom is 0.338 e. The number of halogens is 1. The molecule has 3 heteroatoms. The minimum absolute atomic E-state index is 0. The van der Waals surface area contributed by atoms with E-state index in [2.05, 4.69) is 6.92 Å². The molecule has 1 rings (SSSR count). The van der Waals surface area contributed by atoms with Crippen LogP contribution in [0.15, 0.2) is 30.3 Å². The summed E-state index contributed by atoms with van der Waals surface area (Å²) in [6.45, 7) is 2.78. The summed E-state index contributed by atoms with van der Waals surface area (Å²) in [5, 5.41) is 0. The summed E-state index contributed by atoms with van der Waals surface area (Å²) in [6.07, 6.45) is 10.1. The average Bonchev–Trinajstić information content (AvgIpc) is 2.46. The molecule has 0 fully saturated rings. The molecule has 1 aromatic carbocycles. The van der Waals surface area contributed by atoms with E-state index in [0.29, 0.717) is 12.2 Å². The molecule has 0 N–H and O–H groups in total. The van der Waals surface area contributed by atoms with Gasteiger partial charge in [-0.25, -0.2) is 4.79 Å². The summed E-state index contributed by atoms with van der Waals surface area (Å²) in [6, 6.07) is 9.18. The molecule has 0 spiro atoms. The van der Waals surface area contributed by atoms with Gasteiger partial charge in [-0.15, -0.1) is 12.4 Å². The molecule has 1 aromatic rings. The molecule has 0 amide bonds. The van der Waals surface area contributed by atoms with Gasteiger partial charge >= 0.3 is 5.97 Å². The fraction of sp³-hybridized carbons (Fsp3) is 0.588. The topological polar surface area (TPSA) is 26.3 Å². The zero-order chi connectivity index (χ0) is 13.8. The molecule has 0 aromatic heterocycles. The SMILES string of the molecule is CCCCCCCCCCOC(=O)c1ccccc1.Cl. The number of unbranched alkanes of at least 4 members (excludes halogenated alkanes) is 7. The average molecular weight is 299 g/mol. The van der Waals surface area contributed by atoms with Crippen LogP contribution in [0.25, 0.3) is 0 Å². The molecule has 0 atom stereocenters. The number of rotatable bonds is 10. The number of hydrogen-bond donors (Lipinski definition) is 0. The van der Waals surface area contributed by atoms with Crippen molar-refractivity contribution in [2.24, 2.45) is 0 Å². The van der Waals surface area contributed by atoms with Gasteiger partial charge in [0.05, 0.1) is 12.2 Å². The lowest BCUT2D eigenvalue weighted by Gasteiger charge is -2.04. The lowest BCUT2D eigenvalue weighted by atomic mass is 10.1. The number of carbonyl (C=O) groups excluding carboxylic acids is 1. The highest BCUT2D eigenvalue weighted by molar-refractivity contribution is 5.89. The molecular formula is C17H27ClO2. The predicted molar refractivity (Wildman–Crippen MR) is 86.6 cm³/mol. The van der Waals surface area contributed by atoms with Crippen molar-refractivity contribution in [3.05, 3.63) is 35.9 Å². The second-order valence-electron chi connectivity index (χ2n) is 4.98. The third-order valence-electron chi connectivity index (χ3n) is 3.24. The van der Waals surface area contributed by atoms with Crippen molar-refractivity contribution in [2.75, 3.05) is 6.61 Å². The summed E-state index contributed by atoms with van der Waals surface area (Å²) in [5.74, 6) is -0.205. The van der Waals surface area contributed by atoms with Crippen LogP contribution in [-0.2, 0) is 4.74 Å². The van der Waals surface area contributed by atoms with Gasteiger partial charge in [-0.1, -0.05) is 70.1 Å². The number of benzene rings is 1. The molecule has 0 radical (unpaired) electrons. The van der Waals surface area contributed by atoms with Crippen LogP contribution in [0, 0.1) is 0 Å². The molecule has 0 unspecified atom stereocenters. The second kappa shape index (κ2) is 13.0. The lowest BCUT2D eigenvalue weighted by Crippen LogP contribution is -2.06. The van der Waals surface area contributed by atoms with E-state index in [1.807, 2.05) is 18.2 Å². The Kier molecular flexibility index (Phi) is 12.3. The Balaban J connectivity index is 0.00000361. The first-order chi connectivity index (χ1) is 9.34. The van der Waals surface area contributed by atoms with Gasteiger partial charge in [0.15, 0.2) is 0 Å². The largest absolute Gasteiger partial charge is 0.462 e. The summed E-state index contributed by atoms with van der Waals surface area (Å²) >= 11 is 0. The Bertz CT molecular complexity index is 338. The smallest absolute Gasteiger partial charge is 0.338 e. The molecule has 114 valence electrons. The van der Waals surface area contributed by atoms with Crippen molar-refractivity contribution in [3.63, 3.8) is 0 Å². The Labute approximate surface area is 129 Å². The van der Waals surface area contributed by atoms with E-state index in [-0.39, 0.29) is 18.4 Å². The van der Waals surface area contributed by atoms with Crippen molar-refractivity contribution in [3.8, 4) is 0 Å². The van der Waals surface area contributed by atoms with Crippen molar-refractivity contribution in [1.82, 2.24) is 0 Å². The van der Waals surface area contributed by atoms with Gasteiger partial charge in [-0.2, -0.15) is 0 Å². The summed E-state index contributed by atoms with van der Waals surface area (Å²) in [4.78, 5) is 11.6. The zero-order valence-electron chi connectivity index (χ0n) is 12.5. The van der Waals surface area contributed by atoms with Crippen LogP contribution in [-0.4, -0.2) is 12.6 Å². The summed E-state index contributed by atoms with van der Waals surface area (Å²) < 4.78 is 5.23. The minimum Gasteiger partial charge on any atom is -0.462 e. The van der Waals surface area contributed by atoms with Crippen molar-refractivity contribution >= 4 is 18.4 Å². The molecule has 0 aliphatic heterocycles. The number of ether oxygens (including phenoxy) is 1. The molecule has 0 saturated heterocycles. The molecule has 2 nitrogen and oxygen atoms in total. The summed E-state index contributed by atoms with van der Waals surface area (Å²) in [5.41, 5.74) is 0.641. The molecule has 0 aliphatic carbocycles. The minimum atomic E-state index is -0.205. The van der Waals surface area contributed by atoms with Gasteiger partial charge in [-0.3, -0.25) is 0 Å². The third kappa shape index (κ3) is 8.98. The highest BCUT2D eigenvalue weighted by Crippen LogP contribution is 2.09. The van der Waals surface area contributed by atoms with Crippen molar-refractivity contribution in [1.29, 1.82) is 0 Å². The van der Waals surface area contributed by atoms with Crippen LogP contribution < -0.4 is 0 Å². The van der Waals surface area contributed by atoms with Crippen LogP contribution in [0.2, 0.25) is 0 Å². The monoisotopic (exact) mass is 298 g/mol. The van der Waals surface area contributed by atoms with E-state index in [0.717, 1.165) is 12.8 Å². The fourth-order valence-electron chi connectivity index (χ4n) is 2.06. The lowest BCUT2D eigenvalue weighted by molar-refractivity contribution is 0.0497. The Morgan fingerprint density at radius 2 is 1.45 bits per heavy atom. The van der Waals surface area contributed by atoms with Gasteiger partial charge in [0.2, 0.25) is 0 Å². The van der Waals surface area contributed by atoms with Gasteiger partial charge in [0.25, 0.3) is 0 Å². The molecule has 20 heavy (non-hydrogen) atoms. The molecule has 0 aliphatic rings. The maximum atomic E-state index is 11.6. The van der Waals surface area contributed by atoms with E-state index < -0.39 is 0 Å². The molecule has 0 saturated carbocycles. The first kappa shape index (κ1) is 19.0. The molecule has 0 heterocycles. The van der Waals surface area contributed by atoms with Crippen LogP contribution in [0.5, 0.6) is 0 Å². The Hall–Kier alpha value is -1.02. The number of hydrogen-bond acceptors (Lipinski definition) is 2. The highest BCUT2D eigenvalue weighted by atomic mass is 35.5. The van der Waals surface area contributed by atoms with Crippen LogP contribution in [0.1, 0.15) is 68.6 Å². The zero-order valence-corrected chi connectivity index (χ0v) is 13.3. The highest BCUT2D eigenvalue weighted by Gasteiger charge is 2.04. The first-order valence-electron chi connectivity index (χ1n) is 7.56. The Morgan fingerprint density at radius 1 is 0.900 bits per heavy atom. The van der Waals surface area contributed by atoms with Gasteiger partial charge < -0.3 is 4.74 Å². The van der Waals surface area contributed by atoms with Crippen molar-refractivity contribution in [2.45, 2.75) is 58.3 Å². The van der Waals surface area contributed by atoms with Crippen LogP contribution >= 0.6 is 12.4 Å². The number of esters is 1. The quantitative estimate of drug-likeness (QED) is 0.427. The van der Waals surface area contributed by atoms with Gasteiger partial charge in [0.1, 0.15) is 0 Å². The standard InChI is InChI=1S/C17H26O2.ClH/c1-2-3-4-5-6-7-8-12-15-19-17(18)16-13-10-9-11-14-16;/h9-11,13-14H,2-8,12,15H2,1H3;1H. The van der Waals surface area contributed by atoms with E-state index in [1.165, 1.54) is 38.5 Å². The van der Waals surface area contributed by atoms with Crippen molar-refractivity contribution < 1.29 is 9.53 Å². The fourth-order valence-corrected chi connectivity index (χ4v) is 2.06. The maximum absolute atomic E-state index is 11.6. The first-order valence-corrected chi connectivity index (χ1v) is 7.56. The predicted octanol–water partition coefficient (Wildman–Crippen LogP) is 5.41. The normalized spacial score (nSPS) is 9.85. The van der Waals surface area contributed by atoms with E-state index in [9.17, 15) is 4.79 Å². The number of carbonyl (C=O) groups is 1. The van der Waals surface area contributed by atoms with E-state index in [4.69, 9.17) is 4.74 Å². The summed E-state index contributed by atoms with van der Waals surface area (Å²) in [7, 11) is 0. The second-order valence-corrected chi connectivity index (χ2v) is 4.98. The van der Waals surface area contributed by atoms with Crippen LogP contribution in [0.4, 0.5) is 0 Å².